The largest absolute Gasteiger partial charge is 0.390 e. The first-order valence-corrected chi connectivity index (χ1v) is 4.54. The summed E-state index contributed by atoms with van der Waals surface area (Å²) < 4.78 is 1.59. The number of nitrogens with zero attached hydrogens (tertiary/aromatic N) is 2. The van der Waals surface area contributed by atoms with E-state index in [1.807, 2.05) is 0 Å². The van der Waals surface area contributed by atoms with Crippen molar-refractivity contribution in [3.8, 4) is 0 Å². The molecule has 1 aromatic heterocycles. The monoisotopic (exact) mass is 182 g/mol. The van der Waals surface area contributed by atoms with Gasteiger partial charge >= 0.3 is 0 Å². The highest BCUT2D eigenvalue weighted by molar-refractivity contribution is 5.07. The standard InChI is InChI=1S/C9H14N2O2/c1-11-7(4-5-10-11)9(13)8(12)6-2-3-6/h4-6,8-9,12-13H,2-3H2,1H3. The van der Waals surface area contributed by atoms with E-state index in [9.17, 15) is 10.2 Å². The first kappa shape index (κ1) is 8.72. The summed E-state index contributed by atoms with van der Waals surface area (Å²) in [4.78, 5) is 0. The van der Waals surface area contributed by atoms with Crippen molar-refractivity contribution >= 4 is 0 Å². The molecule has 0 spiro atoms. The molecule has 13 heavy (non-hydrogen) atoms. The number of aliphatic hydroxyl groups excluding tert-OH is 2. The van der Waals surface area contributed by atoms with Crippen molar-refractivity contribution in [2.45, 2.75) is 25.0 Å². The summed E-state index contributed by atoms with van der Waals surface area (Å²) >= 11 is 0. The van der Waals surface area contributed by atoms with E-state index in [1.54, 1.807) is 24.0 Å². The Kier molecular flexibility index (Phi) is 2.09. The number of aromatic nitrogens is 2. The van der Waals surface area contributed by atoms with Crippen LogP contribution in [0.25, 0.3) is 0 Å². The molecule has 1 aliphatic rings. The van der Waals surface area contributed by atoms with Gasteiger partial charge in [0.15, 0.2) is 0 Å². The van der Waals surface area contributed by atoms with E-state index in [4.69, 9.17) is 0 Å². The van der Waals surface area contributed by atoms with Crippen LogP contribution >= 0.6 is 0 Å². The minimum absolute atomic E-state index is 0.282. The van der Waals surface area contributed by atoms with Crippen LogP contribution < -0.4 is 0 Å². The van der Waals surface area contributed by atoms with Gasteiger partial charge in [-0.05, 0) is 24.8 Å². The molecule has 0 amide bonds. The Morgan fingerprint density at radius 3 is 2.69 bits per heavy atom. The molecule has 1 saturated carbocycles. The molecule has 1 aliphatic carbocycles. The fourth-order valence-corrected chi connectivity index (χ4v) is 1.54. The first-order valence-electron chi connectivity index (χ1n) is 4.54. The van der Waals surface area contributed by atoms with Gasteiger partial charge in [-0.2, -0.15) is 5.10 Å². The molecule has 0 bridgehead atoms. The molecule has 0 aromatic carbocycles. The summed E-state index contributed by atoms with van der Waals surface area (Å²) in [5, 5.41) is 23.4. The van der Waals surface area contributed by atoms with Crippen LogP contribution in [0.1, 0.15) is 24.6 Å². The molecule has 2 unspecified atom stereocenters. The van der Waals surface area contributed by atoms with Crippen LogP contribution in [0.5, 0.6) is 0 Å². The van der Waals surface area contributed by atoms with E-state index in [2.05, 4.69) is 5.10 Å². The van der Waals surface area contributed by atoms with Gasteiger partial charge in [0.1, 0.15) is 6.10 Å². The summed E-state index contributed by atoms with van der Waals surface area (Å²) in [6.45, 7) is 0. The molecule has 0 radical (unpaired) electrons. The Balaban J connectivity index is 2.11. The van der Waals surface area contributed by atoms with Crippen LogP contribution in [-0.2, 0) is 7.05 Å². The second-order valence-electron chi connectivity index (χ2n) is 3.65. The summed E-state index contributed by atoms with van der Waals surface area (Å²) in [5.41, 5.74) is 0.680. The van der Waals surface area contributed by atoms with E-state index in [0.717, 1.165) is 12.8 Å². The van der Waals surface area contributed by atoms with E-state index in [0.29, 0.717) is 5.69 Å². The number of aryl methyl sites for hydroxylation is 1. The van der Waals surface area contributed by atoms with Crippen molar-refractivity contribution in [1.29, 1.82) is 0 Å². The summed E-state index contributed by atoms with van der Waals surface area (Å²) in [5.74, 6) is 0.282. The molecule has 4 nitrogen and oxygen atoms in total. The first-order chi connectivity index (χ1) is 6.20. The summed E-state index contributed by atoms with van der Waals surface area (Å²) in [7, 11) is 1.76. The maximum Gasteiger partial charge on any atom is 0.122 e. The number of hydrogen-bond acceptors (Lipinski definition) is 3. The highest BCUT2D eigenvalue weighted by Gasteiger charge is 2.35. The van der Waals surface area contributed by atoms with Gasteiger partial charge in [-0.1, -0.05) is 0 Å². The van der Waals surface area contributed by atoms with Gasteiger partial charge in [0.05, 0.1) is 11.8 Å². The molecule has 1 heterocycles. The van der Waals surface area contributed by atoms with Crippen molar-refractivity contribution in [1.82, 2.24) is 9.78 Å². The Labute approximate surface area is 76.8 Å². The molecule has 0 aliphatic heterocycles. The van der Waals surface area contributed by atoms with E-state index < -0.39 is 12.2 Å². The van der Waals surface area contributed by atoms with E-state index in [-0.39, 0.29) is 5.92 Å². The molecule has 1 aromatic rings. The lowest BCUT2D eigenvalue weighted by Crippen LogP contribution is -2.22. The average Bonchev–Trinajstić information content (AvgIpc) is 2.87. The van der Waals surface area contributed by atoms with E-state index in [1.165, 1.54) is 0 Å². The SMILES string of the molecule is Cn1nccc1C(O)C(O)C1CC1. The zero-order chi connectivity index (χ0) is 9.42. The van der Waals surface area contributed by atoms with Gasteiger partial charge in [-0.3, -0.25) is 4.68 Å². The number of hydrogen-bond donors (Lipinski definition) is 2. The predicted octanol–water partition coefficient (Wildman–Crippen LogP) is 0.224. The summed E-state index contributed by atoms with van der Waals surface area (Å²) in [6.07, 6.45) is 2.25. The third kappa shape index (κ3) is 1.59. The van der Waals surface area contributed by atoms with Crippen molar-refractivity contribution < 1.29 is 10.2 Å². The zero-order valence-electron chi connectivity index (χ0n) is 7.59. The smallest absolute Gasteiger partial charge is 0.122 e. The zero-order valence-corrected chi connectivity index (χ0v) is 7.59. The van der Waals surface area contributed by atoms with E-state index >= 15 is 0 Å². The molecule has 2 atom stereocenters. The average molecular weight is 182 g/mol. The van der Waals surface area contributed by atoms with Gasteiger partial charge in [-0.25, -0.2) is 0 Å². The highest BCUT2D eigenvalue weighted by Crippen LogP contribution is 2.37. The Morgan fingerprint density at radius 2 is 2.23 bits per heavy atom. The van der Waals surface area contributed by atoms with Crippen molar-refractivity contribution in [3.05, 3.63) is 18.0 Å². The van der Waals surface area contributed by atoms with Gasteiger partial charge in [-0.15, -0.1) is 0 Å². The Morgan fingerprint density at radius 1 is 1.54 bits per heavy atom. The molecule has 2 rings (SSSR count). The van der Waals surface area contributed by atoms with Crippen LogP contribution in [0.3, 0.4) is 0 Å². The molecule has 4 heteroatoms. The quantitative estimate of drug-likeness (QED) is 0.703. The Hall–Kier alpha value is -0.870. The van der Waals surface area contributed by atoms with Crippen LogP contribution in [0.4, 0.5) is 0 Å². The minimum atomic E-state index is -0.792. The highest BCUT2D eigenvalue weighted by atomic mass is 16.3. The van der Waals surface area contributed by atoms with Crippen LogP contribution in [0.2, 0.25) is 0 Å². The van der Waals surface area contributed by atoms with Crippen molar-refractivity contribution in [2.75, 3.05) is 0 Å². The van der Waals surface area contributed by atoms with Gasteiger partial charge in [0, 0.05) is 13.2 Å². The van der Waals surface area contributed by atoms with Crippen molar-refractivity contribution in [2.24, 2.45) is 13.0 Å². The third-order valence-electron chi connectivity index (χ3n) is 2.59. The molecule has 72 valence electrons. The maximum absolute atomic E-state index is 9.76. The second-order valence-corrected chi connectivity index (χ2v) is 3.65. The maximum atomic E-state index is 9.76. The minimum Gasteiger partial charge on any atom is -0.390 e. The fraction of sp³-hybridized carbons (Fsp3) is 0.667. The molecular formula is C9H14N2O2. The normalized spacial score (nSPS) is 21.5. The second kappa shape index (κ2) is 3.12. The summed E-state index contributed by atoms with van der Waals surface area (Å²) in [6, 6.07) is 1.73. The molecular weight excluding hydrogens is 168 g/mol. The van der Waals surface area contributed by atoms with Gasteiger partial charge < -0.3 is 10.2 Å². The Bertz CT molecular complexity index is 294. The molecule has 1 fully saturated rings. The molecule has 0 saturated heterocycles. The number of rotatable bonds is 3. The van der Waals surface area contributed by atoms with Crippen LogP contribution in [-0.4, -0.2) is 26.1 Å². The predicted molar refractivity (Wildman–Crippen MR) is 46.9 cm³/mol. The van der Waals surface area contributed by atoms with Crippen molar-refractivity contribution in [3.63, 3.8) is 0 Å². The van der Waals surface area contributed by atoms with Gasteiger partial charge in [0.25, 0.3) is 0 Å². The molecule has 2 N–H and O–H groups in total. The lowest BCUT2D eigenvalue weighted by atomic mass is 10.1. The fourth-order valence-electron chi connectivity index (χ4n) is 1.54. The number of aliphatic hydroxyl groups is 2. The lowest BCUT2D eigenvalue weighted by molar-refractivity contribution is 0.000356. The topological polar surface area (TPSA) is 58.3 Å². The lowest BCUT2D eigenvalue weighted by Gasteiger charge is -2.17. The third-order valence-corrected chi connectivity index (χ3v) is 2.59. The van der Waals surface area contributed by atoms with Crippen LogP contribution in [0, 0.1) is 5.92 Å². The van der Waals surface area contributed by atoms with Crippen LogP contribution in [0.15, 0.2) is 12.3 Å². The van der Waals surface area contributed by atoms with Gasteiger partial charge in [0.2, 0.25) is 0 Å².